The van der Waals surface area contributed by atoms with Crippen molar-refractivity contribution in [3.63, 3.8) is 0 Å². The van der Waals surface area contributed by atoms with Crippen LogP contribution in [-0.4, -0.2) is 44.0 Å². The Balaban J connectivity index is 1.59. The lowest BCUT2D eigenvalue weighted by atomic mass is 10.1. The number of nitrogens with zero attached hydrogens (tertiary/aromatic N) is 4. The Bertz CT molecular complexity index is 1260. The van der Waals surface area contributed by atoms with Gasteiger partial charge >= 0.3 is 0 Å². The van der Waals surface area contributed by atoms with Crippen molar-refractivity contribution in [3.8, 4) is 16.9 Å². The third-order valence-electron chi connectivity index (χ3n) is 5.83. The molecule has 0 amide bonds. The fourth-order valence-corrected chi connectivity index (χ4v) is 4.11. The van der Waals surface area contributed by atoms with Crippen molar-refractivity contribution in [2.75, 3.05) is 13.7 Å². The first kappa shape index (κ1) is 22.9. The van der Waals surface area contributed by atoms with Crippen LogP contribution < -0.4 is 10.1 Å². The second-order valence-electron chi connectivity index (χ2n) is 8.35. The van der Waals surface area contributed by atoms with Crippen molar-refractivity contribution < 1.29 is 14.2 Å². The van der Waals surface area contributed by atoms with Crippen LogP contribution >= 0.6 is 0 Å². The number of aliphatic hydroxyl groups is 1. The van der Waals surface area contributed by atoms with Gasteiger partial charge in [-0.3, -0.25) is 4.68 Å². The van der Waals surface area contributed by atoms with E-state index in [0.29, 0.717) is 31.7 Å². The average molecular weight is 452 g/mol. The van der Waals surface area contributed by atoms with Gasteiger partial charge in [0.05, 0.1) is 30.3 Å². The first-order valence-corrected chi connectivity index (χ1v) is 11.1. The standard InChI is InChI=1S/C25H30FN5O2/c1-16(32)11-23-21(17(2)30(4)29-23)9-10-33-24-12-19(26)6-7-22(24)18-5-8-25-28-14-20(13-27-3)31(25)15-18/h5-8,12,14-16,27,32H,9-11,13H2,1-4H3. The maximum atomic E-state index is 14.1. The van der Waals surface area contributed by atoms with E-state index in [-0.39, 0.29) is 5.82 Å². The molecule has 174 valence electrons. The summed E-state index contributed by atoms with van der Waals surface area (Å²) < 4.78 is 24.1. The van der Waals surface area contributed by atoms with Crippen molar-refractivity contribution in [3.05, 3.63) is 71.2 Å². The molecule has 7 nitrogen and oxygen atoms in total. The quantitative estimate of drug-likeness (QED) is 0.408. The molecule has 1 unspecified atom stereocenters. The molecule has 1 aromatic carbocycles. The largest absolute Gasteiger partial charge is 0.492 e. The van der Waals surface area contributed by atoms with Crippen molar-refractivity contribution in [1.82, 2.24) is 24.5 Å². The predicted molar refractivity (Wildman–Crippen MR) is 126 cm³/mol. The zero-order chi connectivity index (χ0) is 23.5. The van der Waals surface area contributed by atoms with Crippen molar-refractivity contribution in [2.24, 2.45) is 7.05 Å². The van der Waals surface area contributed by atoms with Gasteiger partial charge in [0.2, 0.25) is 0 Å². The van der Waals surface area contributed by atoms with Gasteiger partial charge in [-0.05, 0) is 50.7 Å². The zero-order valence-electron chi connectivity index (χ0n) is 19.5. The molecule has 4 aromatic rings. The number of nitrogens with one attached hydrogen (secondary N) is 1. The van der Waals surface area contributed by atoms with Crippen molar-refractivity contribution >= 4 is 5.65 Å². The van der Waals surface area contributed by atoms with E-state index in [1.54, 1.807) is 13.0 Å². The number of fused-ring (bicyclic) bond motifs is 1. The Morgan fingerprint density at radius 1 is 1.24 bits per heavy atom. The molecule has 33 heavy (non-hydrogen) atoms. The molecule has 0 saturated carbocycles. The number of rotatable bonds is 9. The van der Waals surface area contributed by atoms with E-state index in [0.717, 1.165) is 39.4 Å². The Kier molecular flexibility index (Phi) is 6.76. The fraction of sp³-hybridized carbons (Fsp3) is 0.360. The number of pyridine rings is 1. The molecule has 0 aliphatic heterocycles. The summed E-state index contributed by atoms with van der Waals surface area (Å²) in [7, 11) is 3.79. The van der Waals surface area contributed by atoms with Crippen LogP contribution in [0, 0.1) is 12.7 Å². The van der Waals surface area contributed by atoms with Crippen molar-refractivity contribution in [1.29, 1.82) is 0 Å². The number of hydrogen-bond donors (Lipinski definition) is 2. The minimum atomic E-state index is -0.473. The van der Waals surface area contributed by atoms with Crippen LogP contribution in [-0.2, 0) is 26.4 Å². The van der Waals surface area contributed by atoms with Crippen LogP contribution in [0.25, 0.3) is 16.8 Å². The zero-order valence-corrected chi connectivity index (χ0v) is 19.5. The molecule has 1 atom stereocenters. The summed E-state index contributed by atoms with van der Waals surface area (Å²) in [5, 5.41) is 17.5. The number of benzene rings is 1. The molecule has 0 bridgehead atoms. The molecule has 3 heterocycles. The van der Waals surface area contributed by atoms with Crippen LogP contribution in [0.5, 0.6) is 5.75 Å². The summed E-state index contributed by atoms with van der Waals surface area (Å²) in [6, 6.07) is 8.53. The van der Waals surface area contributed by atoms with E-state index in [9.17, 15) is 9.50 Å². The molecule has 3 aromatic heterocycles. The molecule has 0 aliphatic rings. The normalized spacial score (nSPS) is 12.4. The number of imidazole rings is 1. The number of hydrogen-bond acceptors (Lipinski definition) is 5. The summed E-state index contributed by atoms with van der Waals surface area (Å²) in [6.07, 6.45) is 4.48. The Hall–Kier alpha value is -3.23. The van der Waals surface area contributed by atoms with Gasteiger partial charge in [-0.25, -0.2) is 9.37 Å². The maximum absolute atomic E-state index is 14.1. The van der Waals surface area contributed by atoms with Gasteiger partial charge in [-0.2, -0.15) is 5.10 Å². The summed E-state index contributed by atoms with van der Waals surface area (Å²) in [5.41, 5.74) is 6.59. The summed E-state index contributed by atoms with van der Waals surface area (Å²) in [6.45, 7) is 4.82. The SMILES string of the molecule is CNCc1cnc2ccc(-c3ccc(F)cc3OCCc3c(CC(C)O)nn(C)c3C)cn12. The molecule has 4 rings (SSSR count). The van der Waals surface area contributed by atoms with Gasteiger partial charge in [0.15, 0.2) is 0 Å². The third-order valence-corrected chi connectivity index (χ3v) is 5.83. The van der Waals surface area contributed by atoms with Crippen LogP contribution in [0.1, 0.15) is 29.6 Å². The molecule has 0 fully saturated rings. The second kappa shape index (κ2) is 9.72. The van der Waals surface area contributed by atoms with E-state index >= 15 is 0 Å². The Morgan fingerprint density at radius 2 is 2.06 bits per heavy atom. The molecule has 0 saturated heterocycles. The monoisotopic (exact) mass is 451 g/mol. The van der Waals surface area contributed by atoms with Gasteiger partial charge in [-0.15, -0.1) is 0 Å². The van der Waals surface area contributed by atoms with Crippen LogP contribution in [0.4, 0.5) is 4.39 Å². The molecule has 2 N–H and O–H groups in total. The summed E-state index contributed by atoms with van der Waals surface area (Å²) in [4.78, 5) is 4.44. The van der Waals surface area contributed by atoms with Gasteiger partial charge < -0.3 is 19.6 Å². The van der Waals surface area contributed by atoms with E-state index in [2.05, 4.69) is 15.4 Å². The Labute approximate surface area is 192 Å². The van der Waals surface area contributed by atoms with E-state index < -0.39 is 6.10 Å². The number of aryl methyl sites for hydroxylation is 1. The minimum Gasteiger partial charge on any atom is -0.492 e. The van der Waals surface area contributed by atoms with E-state index in [1.807, 2.05) is 54.6 Å². The number of halogens is 1. The summed E-state index contributed by atoms with van der Waals surface area (Å²) in [5.74, 6) is 0.143. The van der Waals surface area contributed by atoms with Crippen LogP contribution in [0.15, 0.2) is 42.7 Å². The molecule has 0 spiro atoms. The molecule has 8 heteroatoms. The van der Waals surface area contributed by atoms with Crippen LogP contribution in [0.2, 0.25) is 0 Å². The highest BCUT2D eigenvalue weighted by Gasteiger charge is 2.16. The fourth-order valence-electron chi connectivity index (χ4n) is 4.11. The lowest BCUT2D eigenvalue weighted by molar-refractivity contribution is 0.193. The summed E-state index contributed by atoms with van der Waals surface area (Å²) >= 11 is 0. The highest BCUT2D eigenvalue weighted by atomic mass is 19.1. The molecule has 0 aliphatic carbocycles. The first-order chi connectivity index (χ1) is 15.9. The highest BCUT2D eigenvalue weighted by Crippen LogP contribution is 2.31. The molecular weight excluding hydrogens is 421 g/mol. The average Bonchev–Trinajstić information content (AvgIpc) is 3.29. The smallest absolute Gasteiger partial charge is 0.136 e. The Morgan fingerprint density at radius 3 is 2.82 bits per heavy atom. The van der Waals surface area contributed by atoms with Crippen LogP contribution in [0.3, 0.4) is 0 Å². The predicted octanol–water partition coefficient (Wildman–Crippen LogP) is 3.45. The van der Waals surface area contributed by atoms with Crippen molar-refractivity contribution in [2.45, 2.75) is 39.3 Å². The maximum Gasteiger partial charge on any atom is 0.136 e. The topological polar surface area (TPSA) is 76.6 Å². The molecule has 0 radical (unpaired) electrons. The van der Waals surface area contributed by atoms with Gasteiger partial charge in [0, 0.05) is 55.5 Å². The van der Waals surface area contributed by atoms with E-state index in [1.165, 1.54) is 12.1 Å². The molecular formula is C25H30FN5O2. The van der Waals surface area contributed by atoms with Gasteiger partial charge in [0.1, 0.15) is 17.2 Å². The lowest BCUT2D eigenvalue weighted by Gasteiger charge is -2.13. The van der Waals surface area contributed by atoms with Gasteiger partial charge in [0.25, 0.3) is 0 Å². The number of ether oxygens (including phenoxy) is 1. The lowest BCUT2D eigenvalue weighted by Crippen LogP contribution is -2.09. The third kappa shape index (κ3) is 4.91. The first-order valence-electron chi connectivity index (χ1n) is 11.1. The van der Waals surface area contributed by atoms with Gasteiger partial charge in [-0.1, -0.05) is 0 Å². The van der Waals surface area contributed by atoms with E-state index in [4.69, 9.17) is 4.74 Å². The minimum absolute atomic E-state index is 0.347. The highest BCUT2D eigenvalue weighted by molar-refractivity contribution is 5.71. The number of aromatic nitrogens is 4. The number of aliphatic hydroxyl groups excluding tert-OH is 1. The second-order valence-corrected chi connectivity index (χ2v) is 8.35.